The summed E-state index contributed by atoms with van der Waals surface area (Å²) >= 11 is 0. The van der Waals surface area contributed by atoms with Crippen LogP contribution in [0.3, 0.4) is 0 Å². The zero-order chi connectivity index (χ0) is 28.2. The monoisotopic (exact) mass is 546 g/mol. The molecule has 1 aromatic heterocycles. The number of piperazine rings is 1. The number of aryl methyl sites for hydroxylation is 1. The highest BCUT2D eigenvalue weighted by atomic mass is 19.4. The number of alkyl halides is 3. The second-order valence-corrected chi connectivity index (χ2v) is 11.8. The van der Waals surface area contributed by atoms with Gasteiger partial charge in [0.05, 0.1) is 0 Å². The zero-order valence-corrected chi connectivity index (χ0v) is 23.3. The van der Waals surface area contributed by atoms with Gasteiger partial charge >= 0.3 is 6.18 Å². The summed E-state index contributed by atoms with van der Waals surface area (Å²) in [6, 6.07) is 9.80. The van der Waals surface area contributed by atoms with Crippen LogP contribution in [0.2, 0.25) is 0 Å². The Bertz CT molecular complexity index is 1070. The first-order chi connectivity index (χ1) is 18.4. The quantitative estimate of drug-likeness (QED) is 0.486. The lowest BCUT2D eigenvalue weighted by molar-refractivity contribution is -0.141. The Labute approximate surface area is 229 Å². The Balaban J connectivity index is 1.21. The molecule has 0 aliphatic carbocycles. The molecule has 2 aliphatic heterocycles. The van der Waals surface area contributed by atoms with Crippen LogP contribution < -0.4 is 15.5 Å². The molecule has 7 nitrogen and oxygen atoms in total. The number of carbonyl (C=O) groups excluding carboxylic acids is 1. The highest BCUT2D eigenvalue weighted by Crippen LogP contribution is 2.32. The topological polar surface area (TPSA) is 78.6 Å². The predicted octanol–water partition coefficient (Wildman–Crippen LogP) is 4.64. The number of nitrogens with zero attached hydrogens (tertiary/aromatic N) is 5. The maximum absolute atomic E-state index is 13.5. The summed E-state index contributed by atoms with van der Waals surface area (Å²) in [6.07, 6.45) is 0.305. The Hall–Kier alpha value is -2.88. The van der Waals surface area contributed by atoms with Crippen LogP contribution in [-0.2, 0) is 22.8 Å². The molecule has 0 bridgehead atoms. The Morgan fingerprint density at radius 2 is 1.56 bits per heavy atom. The Kier molecular flexibility index (Phi) is 9.03. The predicted molar refractivity (Wildman–Crippen MR) is 148 cm³/mol. The molecular formula is C29H41F3N6O. The molecule has 3 heterocycles. The van der Waals surface area contributed by atoms with E-state index >= 15 is 0 Å². The van der Waals surface area contributed by atoms with E-state index in [0.29, 0.717) is 18.9 Å². The smallest absolute Gasteiger partial charge is 0.371 e. The lowest BCUT2D eigenvalue weighted by atomic mass is 9.95. The van der Waals surface area contributed by atoms with Gasteiger partial charge in [-0.1, -0.05) is 32.9 Å². The molecule has 0 radical (unpaired) electrons. The van der Waals surface area contributed by atoms with Gasteiger partial charge in [-0.3, -0.25) is 9.69 Å². The van der Waals surface area contributed by atoms with E-state index in [1.165, 1.54) is 11.3 Å². The van der Waals surface area contributed by atoms with Crippen molar-refractivity contribution < 1.29 is 18.0 Å². The van der Waals surface area contributed by atoms with Gasteiger partial charge in [-0.2, -0.15) is 13.2 Å². The third-order valence-corrected chi connectivity index (χ3v) is 7.76. The number of primary amides is 1. The van der Waals surface area contributed by atoms with E-state index < -0.39 is 17.3 Å². The van der Waals surface area contributed by atoms with Crippen LogP contribution in [0, 0.1) is 5.92 Å². The maximum atomic E-state index is 13.5. The maximum Gasteiger partial charge on any atom is 0.433 e. The first kappa shape index (κ1) is 29.1. The van der Waals surface area contributed by atoms with E-state index in [9.17, 15) is 18.0 Å². The van der Waals surface area contributed by atoms with Crippen LogP contribution >= 0.6 is 0 Å². The van der Waals surface area contributed by atoms with Crippen LogP contribution in [0.4, 0.5) is 24.7 Å². The minimum Gasteiger partial charge on any atom is -0.371 e. The highest BCUT2D eigenvalue weighted by Gasteiger charge is 2.36. The van der Waals surface area contributed by atoms with Crippen molar-refractivity contribution in [2.45, 2.75) is 64.5 Å². The van der Waals surface area contributed by atoms with Gasteiger partial charge in [0.2, 0.25) is 5.91 Å². The van der Waals surface area contributed by atoms with Crippen LogP contribution in [-0.4, -0.2) is 66.6 Å². The highest BCUT2D eigenvalue weighted by molar-refractivity contribution is 5.77. The van der Waals surface area contributed by atoms with Crippen LogP contribution in [0.5, 0.6) is 0 Å². The van der Waals surface area contributed by atoms with Crippen LogP contribution in [0.15, 0.2) is 30.3 Å². The fourth-order valence-electron chi connectivity index (χ4n) is 5.24. The van der Waals surface area contributed by atoms with Crippen molar-refractivity contribution in [3.8, 4) is 0 Å². The average molecular weight is 547 g/mol. The van der Waals surface area contributed by atoms with Crippen molar-refractivity contribution in [1.29, 1.82) is 0 Å². The van der Waals surface area contributed by atoms with Gasteiger partial charge in [-0.05, 0) is 56.3 Å². The van der Waals surface area contributed by atoms with Gasteiger partial charge in [0.15, 0.2) is 0 Å². The number of hydrogen-bond acceptors (Lipinski definition) is 6. The molecule has 0 saturated carbocycles. The second-order valence-electron chi connectivity index (χ2n) is 11.8. The van der Waals surface area contributed by atoms with Crippen LogP contribution in [0.25, 0.3) is 0 Å². The molecule has 2 aromatic rings. The molecule has 2 N–H and O–H groups in total. The van der Waals surface area contributed by atoms with Crippen molar-refractivity contribution >= 4 is 17.4 Å². The molecule has 1 aromatic carbocycles. The first-order valence-electron chi connectivity index (χ1n) is 14.0. The van der Waals surface area contributed by atoms with Crippen molar-refractivity contribution in [3.63, 3.8) is 0 Å². The van der Waals surface area contributed by atoms with E-state index in [1.54, 1.807) is 0 Å². The van der Waals surface area contributed by atoms with E-state index in [4.69, 9.17) is 5.73 Å². The molecule has 2 aliphatic rings. The largest absolute Gasteiger partial charge is 0.433 e. The molecule has 4 rings (SSSR count). The van der Waals surface area contributed by atoms with Crippen molar-refractivity contribution in [1.82, 2.24) is 14.9 Å². The fraction of sp³-hybridized carbons (Fsp3) is 0.621. The third kappa shape index (κ3) is 7.84. The number of amides is 1. The zero-order valence-electron chi connectivity index (χ0n) is 23.3. The molecule has 10 heteroatoms. The molecule has 0 unspecified atom stereocenters. The summed E-state index contributed by atoms with van der Waals surface area (Å²) in [5, 5.41) is 0. The molecule has 2 saturated heterocycles. The summed E-state index contributed by atoms with van der Waals surface area (Å²) < 4.78 is 40.4. The number of unbranched alkanes of at least 4 members (excludes halogenated alkanes) is 1. The number of carbonyl (C=O) groups is 1. The summed E-state index contributed by atoms with van der Waals surface area (Å²) in [4.78, 5) is 26.3. The van der Waals surface area contributed by atoms with Gasteiger partial charge in [-0.15, -0.1) is 0 Å². The van der Waals surface area contributed by atoms with Gasteiger partial charge in [0.1, 0.15) is 17.3 Å². The minimum atomic E-state index is -4.50. The number of rotatable bonds is 8. The van der Waals surface area contributed by atoms with Gasteiger partial charge in [-0.25, -0.2) is 9.97 Å². The van der Waals surface area contributed by atoms with Crippen molar-refractivity contribution in [2.24, 2.45) is 11.7 Å². The lowest BCUT2D eigenvalue weighted by Gasteiger charge is -2.36. The van der Waals surface area contributed by atoms with Crippen molar-refractivity contribution in [2.75, 3.05) is 55.6 Å². The molecule has 0 atom stereocenters. The lowest BCUT2D eigenvalue weighted by Crippen LogP contribution is -2.47. The number of benzene rings is 1. The summed E-state index contributed by atoms with van der Waals surface area (Å²) in [7, 11) is 0. The number of aromatic nitrogens is 2. The summed E-state index contributed by atoms with van der Waals surface area (Å²) in [6.45, 7) is 11.1. The normalized spacial score (nSPS) is 18.0. The average Bonchev–Trinajstić information content (AvgIpc) is 2.90. The van der Waals surface area contributed by atoms with Crippen molar-refractivity contribution in [3.05, 3.63) is 47.4 Å². The van der Waals surface area contributed by atoms with Crippen LogP contribution in [0.1, 0.15) is 63.5 Å². The standard InChI is InChI=1S/C29H41F3N6O/c1-28(2,3)27-34-24(29(30,31)32)20-25(35-27)38-18-16-36(17-19-38)13-5-4-6-21-7-9-23(10-8-21)37-14-11-22(12-15-37)26(33)39/h7-10,20,22H,4-6,11-19H2,1-3H3,(H2,33,39). The minimum absolute atomic E-state index is 0.000581. The first-order valence-corrected chi connectivity index (χ1v) is 14.0. The fourth-order valence-corrected chi connectivity index (χ4v) is 5.24. The summed E-state index contributed by atoms with van der Waals surface area (Å²) in [5.41, 5.74) is 6.51. The number of anilines is 2. The SMILES string of the molecule is CC(C)(C)c1nc(N2CCN(CCCCc3ccc(N4CCC(C(N)=O)CC4)cc3)CC2)cc(C(F)(F)F)n1. The van der Waals surface area contributed by atoms with Gasteiger partial charge in [0.25, 0.3) is 0 Å². The van der Waals surface area contributed by atoms with Gasteiger partial charge < -0.3 is 15.5 Å². The number of halogens is 3. The molecule has 0 spiro atoms. The second kappa shape index (κ2) is 12.1. The molecular weight excluding hydrogens is 505 g/mol. The number of nitrogens with two attached hydrogens (primary N) is 1. The Morgan fingerprint density at radius 3 is 2.13 bits per heavy atom. The Morgan fingerprint density at radius 1 is 0.923 bits per heavy atom. The third-order valence-electron chi connectivity index (χ3n) is 7.76. The van der Waals surface area contributed by atoms with E-state index in [1.807, 2.05) is 25.7 Å². The van der Waals surface area contributed by atoms with E-state index in [-0.39, 0.29) is 17.6 Å². The van der Waals surface area contributed by atoms with E-state index in [2.05, 4.69) is 44.0 Å². The van der Waals surface area contributed by atoms with Gasteiger partial charge in [0, 0.05) is 62.4 Å². The molecule has 1 amide bonds. The molecule has 2 fully saturated rings. The number of hydrogen-bond donors (Lipinski definition) is 1. The number of piperidine rings is 1. The molecule has 214 valence electrons. The summed E-state index contributed by atoms with van der Waals surface area (Å²) in [5.74, 6) is 0.393. The molecule has 39 heavy (non-hydrogen) atoms. The van der Waals surface area contributed by atoms with E-state index in [0.717, 1.165) is 70.9 Å².